The van der Waals surface area contributed by atoms with Crippen LogP contribution in [0.1, 0.15) is 31.6 Å². The Morgan fingerprint density at radius 3 is 3.24 bits per heavy atom. The number of carbonyl (C=O) groups excluding carboxylic acids is 1. The van der Waals surface area contributed by atoms with Crippen molar-refractivity contribution in [3.63, 3.8) is 0 Å². The second-order valence-electron chi connectivity index (χ2n) is 5.42. The van der Waals surface area contributed by atoms with Crippen molar-refractivity contribution in [2.24, 2.45) is 5.92 Å². The number of nitrogens with zero attached hydrogens (tertiary/aromatic N) is 3. The van der Waals surface area contributed by atoms with E-state index in [1.54, 1.807) is 11.8 Å². The van der Waals surface area contributed by atoms with Crippen LogP contribution < -0.4 is 5.32 Å². The second kappa shape index (κ2) is 6.36. The van der Waals surface area contributed by atoms with E-state index in [9.17, 15) is 4.79 Å². The number of likely N-dealkylation sites (tertiary alicyclic amines) is 1. The highest BCUT2D eigenvalue weighted by atomic mass is 32.1. The highest BCUT2D eigenvalue weighted by Gasteiger charge is 2.30. The van der Waals surface area contributed by atoms with Crippen LogP contribution >= 0.6 is 11.3 Å². The summed E-state index contributed by atoms with van der Waals surface area (Å²) < 4.78 is 5.55. The van der Waals surface area contributed by atoms with Gasteiger partial charge < -0.3 is 4.42 Å². The molecule has 112 valence electrons. The molecule has 0 spiro atoms. The van der Waals surface area contributed by atoms with E-state index in [-0.39, 0.29) is 11.9 Å². The Morgan fingerprint density at radius 2 is 2.52 bits per heavy atom. The summed E-state index contributed by atoms with van der Waals surface area (Å²) in [6, 6.07) is 4.05. The van der Waals surface area contributed by atoms with Crippen LogP contribution in [0.2, 0.25) is 0 Å². The van der Waals surface area contributed by atoms with Gasteiger partial charge in [0.2, 0.25) is 11.0 Å². The van der Waals surface area contributed by atoms with Crippen LogP contribution in [-0.2, 0) is 4.79 Å². The summed E-state index contributed by atoms with van der Waals surface area (Å²) in [6.45, 7) is 3.49. The number of furan rings is 1. The highest BCUT2D eigenvalue weighted by molar-refractivity contribution is 7.13. The lowest BCUT2D eigenvalue weighted by Gasteiger charge is -2.36. The van der Waals surface area contributed by atoms with E-state index < -0.39 is 0 Å². The minimum atomic E-state index is -0.0575. The Kier molecular flexibility index (Phi) is 4.31. The van der Waals surface area contributed by atoms with Crippen LogP contribution in [0.5, 0.6) is 0 Å². The first-order chi connectivity index (χ1) is 10.2. The number of aromatic nitrogens is 2. The van der Waals surface area contributed by atoms with Crippen molar-refractivity contribution in [2.75, 3.05) is 18.4 Å². The Balaban J connectivity index is 1.66. The quantitative estimate of drug-likeness (QED) is 0.940. The minimum Gasteiger partial charge on any atom is -0.468 e. The zero-order valence-electron chi connectivity index (χ0n) is 11.9. The summed E-state index contributed by atoms with van der Waals surface area (Å²) in [6.07, 6.45) is 3.80. The number of hydrogen-bond acceptors (Lipinski definition) is 6. The van der Waals surface area contributed by atoms with E-state index >= 15 is 0 Å². The molecular weight excluding hydrogens is 288 g/mol. The van der Waals surface area contributed by atoms with Crippen LogP contribution in [0.15, 0.2) is 28.3 Å². The van der Waals surface area contributed by atoms with Gasteiger partial charge in [0.25, 0.3) is 0 Å². The maximum atomic E-state index is 12.1. The standard InChI is InChI=1S/C14H18N4O2S/c1-10-4-5-18(11(7-10)12-3-2-6-20-12)8-13(19)16-14-17-15-9-21-14/h2-3,6,9-11H,4-5,7-8H2,1H3,(H,16,17,19)/t10-,11+/m0/s1. The number of nitrogens with one attached hydrogen (secondary N) is 1. The number of amides is 1. The summed E-state index contributed by atoms with van der Waals surface area (Å²) in [4.78, 5) is 14.3. The molecule has 0 unspecified atom stereocenters. The van der Waals surface area contributed by atoms with E-state index in [1.807, 2.05) is 12.1 Å². The SMILES string of the molecule is C[C@H]1CCN(CC(=O)Nc2nncs2)[C@@H](c2ccco2)C1. The van der Waals surface area contributed by atoms with Gasteiger partial charge in [-0.05, 0) is 37.4 Å². The second-order valence-corrected chi connectivity index (χ2v) is 6.26. The summed E-state index contributed by atoms with van der Waals surface area (Å²) in [5, 5.41) is 10.9. The van der Waals surface area contributed by atoms with Crippen molar-refractivity contribution in [1.82, 2.24) is 15.1 Å². The molecular formula is C14H18N4O2S. The number of rotatable bonds is 4. The molecule has 0 aromatic carbocycles. The van der Waals surface area contributed by atoms with E-state index in [4.69, 9.17) is 4.42 Å². The van der Waals surface area contributed by atoms with Crippen molar-refractivity contribution in [1.29, 1.82) is 0 Å². The van der Waals surface area contributed by atoms with E-state index in [1.165, 1.54) is 11.3 Å². The van der Waals surface area contributed by atoms with Crippen LogP contribution in [0.4, 0.5) is 5.13 Å². The largest absolute Gasteiger partial charge is 0.468 e. The average molecular weight is 306 g/mol. The van der Waals surface area contributed by atoms with Gasteiger partial charge >= 0.3 is 0 Å². The molecule has 1 aliphatic rings. The fraction of sp³-hybridized carbons (Fsp3) is 0.500. The maximum absolute atomic E-state index is 12.1. The third kappa shape index (κ3) is 3.48. The monoisotopic (exact) mass is 306 g/mol. The van der Waals surface area contributed by atoms with E-state index in [0.29, 0.717) is 17.6 Å². The molecule has 6 nitrogen and oxygen atoms in total. The summed E-state index contributed by atoms with van der Waals surface area (Å²) in [5.74, 6) is 1.52. The average Bonchev–Trinajstić information content (AvgIpc) is 3.13. The predicted molar refractivity (Wildman–Crippen MR) is 80.0 cm³/mol. The van der Waals surface area contributed by atoms with Gasteiger partial charge in [-0.3, -0.25) is 15.0 Å². The number of carbonyl (C=O) groups is 1. The van der Waals surface area contributed by atoms with Crippen LogP contribution in [0, 0.1) is 5.92 Å². The van der Waals surface area contributed by atoms with Gasteiger partial charge in [-0.25, -0.2) is 0 Å². The maximum Gasteiger partial charge on any atom is 0.240 e. The molecule has 3 heterocycles. The fourth-order valence-corrected chi connectivity index (χ4v) is 3.19. The lowest BCUT2D eigenvalue weighted by Crippen LogP contribution is -2.41. The molecule has 0 bridgehead atoms. The first kappa shape index (κ1) is 14.2. The Morgan fingerprint density at radius 1 is 1.62 bits per heavy atom. The van der Waals surface area contributed by atoms with Crippen molar-refractivity contribution >= 4 is 22.4 Å². The predicted octanol–water partition coefficient (Wildman–Crippen LogP) is 2.54. The molecule has 1 saturated heterocycles. The third-order valence-corrected chi connectivity index (χ3v) is 4.41. The molecule has 1 amide bonds. The molecule has 2 aromatic rings. The highest BCUT2D eigenvalue weighted by Crippen LogP contribution is 2.33. The molecule has 7 heteroatoms. The van der Waals surface area contributed by atoms with Crippen LogP contribution in [-0.4, -0.2) is 34.1 Å². The molecule has 21 heavy (non-hydrogen) atoms. The lowest BCUT2D eigenvalue weighted by molar-refractivity contribution is -0.118. The number of hydrogen-bond donors (Lipinski definition) is 1. The molecule has 1 N–H and O–H groups in total. The Bertz CT molecular complexity index is 570. The molecule has 1 fully saturated rings. The van der Waals surface area contributed by atoms with Crippen LogP contribution in [0.3, 0.4) is 0 Å². The molecule has 0 radical (unpaired) electrons. The van der Waals surface area contributed by atoms with Gasteiger partial charge in [0.15, 0.2) is 0 Å². The first-order valence-corrected chi connectivity index (χ1v) is 7.94. The van der Waals surface area contributed by atoms with Crippen molar-refractivity contribution < 1.29 is 9.21 Å². The zero-order chi connectivity index (χ0) is 14.7. The van der Waals surface area contributed by atoms with Gasteiger partial charge in [-0.2, -0.15) is 0 Å². The Labute approximate surface area is 127 Å². The fourth-order valence-electron chi connectivity index (χ4n) is 2.73. The first-order valence-electron chi connectivity index (χ1n) is 7.06. The smallest absolute Gasteiger partial charge is 0.240 e. The molecule has 0 saturated carbocycles. The van der Waals surface area contributed by atoms with Gasteiger partial charge in [-0.1, -0.05) is 18.3 Å². The lowest BCUT2D eigenvalue weighted by atomic mass is 9.91. The molecule has 2 atom stereocenters. The van der Waals surface area contributed by atoms with Gasteiger partial charge in [0, 0.05) is 0 Å². The van der Waals surface area contributed by atoms with Crippen molar-refractivity contribution in [2.45, 2.75) is 25.8 Å². The molecule has 1 aliphatic heterocycles. The molecule has 0 aliphatic carbocycles. The van der Waals surface area contributed by atoms with E-state index in [2.05, 4.69) is 27.3 Å². The van der Waals surface area contributed by atoms with E-state index in [0.717, 1.165) is 25.1 Å². The van der Waals surface area contributed by atoms with Crippen molar-refractivity contribution in [3.05, 3.63) is 29.7 Å². The molecule has 2 aromatic heterocycles. The normalized spacial score (nSPS) is 23.1. The third-order valence-electron chi connectivity index (χ3n) is 3.80. The Hall–Kier alpha value is -1.73. The topological polar surface area (TPSA) is 71.3 Å². The van der Waals surface area contributed by atoms with Gasteiger partial charge in [0.05, 0.1) is 18.8 Å². The zero-order valence-corrected chi connectivity index (χ0v) is 12.7. The summed E-state index contributed by atoms with van der Waals surface area (Å²) >= 11 is 1.32. The summed E-state index contributed by atoms with van der Waals surface area (Å²) in [7, 11) is 0. The molecule has 3 rings (SSSR count). The van der Waals surface area contributed by atoms with Crippen LogP contribution in [0.25, 0.3) is 0 Å². The number of anilines is 1. The van der Waals surface area contributed by atoms with Gasteiger partial charge in [0.1, 0.15) is 11.3 Å². The minimum absolute atomic E-state index is 0.0575. The van der Waals surface area contributed by atoms with Crippen molar-refractivity contribution in [3.8, 4) is 0 Å². The van der Waals surface area contributed by atoms with Gasteiger partial charge in [-0.15, -0.1) is 10.2 Å². The summed E-state index contributed by atoms with van der Waals surface area (Å²) in [5.41, 5.74) is 1.60. The number of piperidine rings is 1.